The molecule has 2 heteroatoms. The van der Waals surface area contributed by atoms with Crippen LogP contribution < -0.4 is 0 Å². The number of aliphatic hydroxyl groups is 1. The molecule has 0 unspecified atom stereocenters. The third-order valence-electron chi connectivity index (χ3n) is 0.706. The van der Waals surface area contributed by atoms with Gasteiger partial charge in [-0.1, -0.05) is 13.8 Å². The average Bonchev–Trinajstić information content (AvgIpc) is 1.35. The molecule has 2 nitrogen and oxygen atoms in total. The van der Waals surface area contributed by atoms with E-state index in [1.807, 2.05) is 0 Å². The van der Waals surface area contributed by atoms with Gasteiger partial charge in [0.15, 0.2) is 0 Å². The van der Waals surface area contributed by atoms with Crippen LogP contribution in [0.3, 0.4) is 0 Å². The van der Waals surface area contributed by atoms with Gasteiger partial charge in [0.05, 0.1) is 0 Å². The predicted molar refractivity (Wildman–Crippen MR) is 30.2 cm³/mol. The third-order valence-corrected chi connectivity index (χ3v) is 0.706. The second-order valence-corrected chi connectivity index (χ2v) is 1.91. The van der Waals surface area contributed by atoms with Crippen LogP contribution in [-0.4, -0.2) is 17.2 Å². The van der Waals surface area contributed by atoms with E-state index in [0.29, 0.717) is 12.5 Å². The van der Waals surface area contributed by atoms with Crippen molar-refractivity contribution in [3.8, 4) is 0 Å². The molecule has 0 aliphatic carbocycles. The Hall–Kier alpha value is -0.0800. The van der Waals surface area contributed by atoms with Crippen LogP contribution in [0.25, 0.3) is 0 Å². The lowest BCUT2D eigenvalue weighted by molar-refractivity contribution is 0.268. The number of aliphatic hydroxyl groups excluding tert-OH is 1. The minimum atomic E-state index is 0. The summed E-state index contributed by atoms with van der Waals surface area (Å²) in [6, 6.07) is 0. The summed E-state index contributed by atoms with van der Waals surface area (Å²) in [5.41, 5.74) is 0. The van der Waals surface area contributed by atoms with Gasteiger partial charge in [0.1, 0.15) is 0 Å². The maximum atomic E-state index is 8.24. The standard InChI is InChI=1S/C5H12O.H2O/c1-5(2)3-4-6;/h5-6H,3-4H2,1-2H3;1H2. The van der Waals surface area contributed by atoms with E-state index in [0.717, 1.165) is 6.42 Å². The highest BCUT2D eigenvalue weighted by molar-refractivity contribution is 4.38. The van der Waals surface area contributed by atoms with Crippen molar-refractivity contribution in [2.24, 2.45) is 5.92 Å². The molecular formula is C5H14O2. The molecule has 0 aromatic carbocycles. The summed E-state index contributed by atoms with van der Waals surface area (Å²) < 4.78 is 0. The second-order valence-electron chi connectivity index (χ2n) is 1.91. The molecule has 7 heavy (non-hydrogen) atoms. The molecule has 0 aliphatic heterocycles. The van der Waals surface area contributed by atoms with E-state index in [2.05, 4.69) is 13.8 Å². The monoisotopic (exact) mass is 106 g/mol. The maximum Gasteiger partial charge on any atom is 0.0433 e. The molecule has 46 valence electrons. The Labute approximate surface area is 44.5 Å². The lowest BCUT2D eigenvalue weighted by atomic mass is 10.2. The topological polar surface area (TPSA) is 51.7 Å². The molecule has 0 bridgehead atoms. The van der Waals surface area contributed by atoms with Crippen molar-refractivity contribution in [3.05, 3.63) is 0 Å². The summed E-state index contributed by atoms with van der Waals surface area (Å²) in [5, 5.41) is 8.24. The molecule has 0 aliphatic rings. The number of rotatable bonds is 2. The molecule has 3 N–H and O–H groups in total. The highest BCUT2D eigenvalue weighted by atomic mass is 16.2. The normalized spacial score (nSPS) is 8.57. The van der Waals surface area contributed by atoms with Crippen LogP contribution >= 0.6 is 0 Å². The van der Waals surface area contributed by atoms with E-state index in [-0.39, 0.29) is 5.48 Å². The molecule has 0 saturated carbocycles. The number of hydrogen-bond donors (Lipinski definition) is 1. The van der Waals surface area contributed by atoms with Gasteiger partial charge in [0.25, 0.3) is 0 Å². The minimum absolute atomic E-state index is 0. The first-order valence-electron chi connectivity index (χ1n) is 2.38. The second kappa shape index (κ2) is 5.92. The lowest BCUT2D eigenvalue weighted by Gasteiger charge is -1.95. The molecular weight excluding hydrogens is 92.1 g/mol. The molecule has 0 fully saturated rings. The van der Waals surface area contributed by atoms with Gasteiger partial charge in [0.2, 0.25) is 0 Å². The van der Waals surface area contributed by atoms with Gasteiger partial charge in [-0.25, -0.2) is 0 Å². The largest absolute Gasteiger partial charge is 0.412 e. The Morgan fingerprint density at radius 2 is 1.86 bits per heavy atom. The van der Waals surface area contributed by atoms with Gasteiger partial charge in [-0.05, 0) is 12.3 Å². The highest BCUT2D eigenvalue weighted by Gasteiger charge is 1.86. The zero-order chi connectivity index (χ0) is 4.99. The Morgan fingerprint density at radius 3 is 1.86 bits per heavy atom. The fourth-order valence-electron chi connectivity index (χ4n) is 0.258. The molecule has 0 atom stereocenters. The SMILES string of the molecule is CC(C)CCO.O. The van der Waals surface area contributed by atoms with Crippen molar-refractivity contribution in [3.63, 3.8) is 0 Å². The van der Waals surface area contributed by atoms with Crippen LogP contribution in [0.15, 0.2) is 0 Å². The van der Waals surface area contributed by atoms with Gasteiger partial charge in [-0.2, -0.15) is 0 Å². The molecule has 0 spiro atoms. The van der Waals surface area contributed by atoms with Crippen molar-refractivity contribution < 1.29 is 10.6 Å². The summed E-state index contributed by atoms with van der Waals surface area (Å²) in [7, 11) is 0. The highest BCUT2D eigenvalue weighted by Crippen LogP contribution is 1.94. The first-order valence-corrected chi connectivity index (χ1v) is 2.38. The van der Waals surface area contributed by atoms with Crippen molar-refractivity contribution >= 4 is 0 Å². The van der Waals surface area contributed by atoms with E-state index in [1.54, 1.807) is 0 Å². The van der Waals surface area contributed by atoms with E-state index in [4.69, 9.17) is 5.11 Å². The van der Waals surface area contributed by atoms with E-state index in [9.17, 15) is 0 Å². The molecule has 0 saturated heterocycles. The third kappa shape index (κ3) is 10.7. The van der Waals surface area contributed by atoms with Crippen molar-refractivity contribution in [1.82, 2.24) is 0 Å². The van der Waals surface area contributed by atoms with E-state index < -0.39 is 0 Å². The summed E-state index contributed by atoms with van der Waals surface area (Å²) in [5.74, 6) is 0.648. The summed E-state index contributed by atoms with van der Waals surface area (Å²) >= 11 is 0. The first kappa shape index (κ1) is 10.0. The van der Waals surface area contributed by atoms with Crippen LogP contribution in [0.1, 0.15) is 20.3 Å². The van der Waals surface area contributed by atoms with Crippen LogP contribution in [-0.2, 0) is 0 Å². The smallest absolute Gasteiger partial charge is 0.0433 e. The molecule has 0 aromatic heterocycles. The zero-order valence-electron chi connectivity index (χ0n) is 4.94. The molecule has 0 rings (SSSR count). The quantitative estimate of drug-likeness (QED) is 0.537. The van der Waals surface area contributed by atoms with Gasteiger partial charge < -0.3 is 10.6 Å². The summed E-state index contributed by atoms with van der Waals surface area (Å²) in [6.07, 6.45) is 0.931. The molecule has 0 radical (unpaired) electrons. The van der Waals surface area contributed by atoms with Crippen LogP contribution in [0.4, 0.5) is 0 Å². The maximum absolute atomic E-state index is 8.24. The molecule has 0 aromatic rings. The average molecular weight is 106 g/mol. The molecule has 0 heterocycles. The van der Waals surface area contributed by atoms with Gasteiger partial charge in [-0.3, -0.25) is 0 Å². The summed E-state index contributed by atoms with van der Waals surface area (Å²) in [4.78, 5) is 0. The van der Waals surface area contributed by atoms with Crippen molar-refractivity contribution in [1.29, 1.82) is 0 Å². The van der Waals surface area contributed by atoms with Gasteiger partial charge >= 0.3 is 0 Å². The number of hydrogen-bond acceptors (Lipinski definition) is 1. The summed E-state index contributed by atoms with van der Waals surface area (Å²) in [6.45, 7) is 4.52. The lowest BCUT2D eigenvalue weighted by Crippen LogP contribution is -1.89. The van der Waals surface area contributed by atoms with Gasteiger partial charge in [-0.15, -0.1) is 0 Å². The fraction of sp³-hybridized carbons (Fsp3) is 1.00. The van der Waals surface area contributed by atoms with E-state index >= 15 is 0 Å². The Morgan fingerprint density at radius 1 is 1.43 bits per heavy atom. The van der Waals surface area contributed by atoms with Gasteiger partial charge in [0, 0.05) is 6.61 Å². The Balaban J connectivity index is 0. The minimum Gasteiger partial charge on any atom is -0.412 e. The van der Waals surface area contributed by atoms with Crippen LogP contribution in [0.2, 0.25) is 0 Å². The van der Waals surface area contributed by atoms with E-state index in [1.165, 1.54) is 0 Å². The van der Waals surface area contributed by atoms with Crippen LogP contribution in [0.5, 0.6) is 0 Å². The van der Waals surface area contributed by atoms with Crippen molar-refractivity contribution in [2.45, 2.75) is 20.3 Å². The molecule has 0 amide bonds. The first-order chi connectivity index (χ1) is 2.77. The Kier molecular flexibility index (Phi) is 8.47. The Bertz CT molecular complexity index is 27.3. The van der Waals surface area contributed by atoms with Crippen molar-refractivity contribution in [2.75, 3.05) is 6.61 Å². The zero-order valence-corrected chi connectivity index (χ0v) is 4.94. The fourth-order valence-corrected chi connectivity index (χ4v) is 0.258. The predicted octanol–water partition coefficient (Wildman–Crippen LogP) is 0.200. The van der Waals surface area contributed by atoms with Crippen LogP contribution in [0, 0.1) is 5.92 Å².